The summed E-state index contributed by atoms with van der Waals surface area (Å²) in [6.07, 6.45) is 6.99. The Hall–Kier alpha value is -4.17. The third kappa shape index (κ3) is 2.56. The normalized spacial score (nSPS) is 10.8. The molecule has 5 aromatic rings. The highest BCUT2D eigenvalue weighted by atomic mass is 16.3. The van der Waals surface area contributed by atoms with Crippen LogP contribution in [0.1, 0.15) is 5.56 Å². The molecule has 5 heteroatoms. The second-order valence-corrected chi connectivity index (χ2v) is 6.36. The summed E-state index contributed by atoms with van der Waals surface area (Å²) in [5, 5.41) is 11.0. The van der Waals surface area contributed by atoms with Crippen LogP contribution < -0.4 is 0 Å². The van der Waals surface area contributed by atoms with Gasteiger partial charge in [0.05, 0.1) is 23.2 Å². The van der Waals surface area contributed by atoms with Crippen LogP contribution in [0, 0.1) is 11.3 Å². The lowest BCUT2D eigenvalue weighted by Gasteiger charge is -2.11. The summed E-state index contributed by atoms with van der Waals surface area (Å²) >= 11 is 0. The molecule has 0 unspecified atom stereocenters. The van der Waals surface area contributed by atoms with Gasteiger partial charge in [-0.3, -0.25) is 4.98 Å². The van der Waals surface area contributed by atoms with Crippen molar-refractivity contribution in [3.8, 4) is 39.9 Å². The first-order valence-corrected chi connectivity index (χ1v) is 8.81. The summed E-state index contributed by atoms with van der Waals surface area (Å²) in [6, 6.07) is 19.7. The highest BCUT2D eigenvalue weighted by Gasteiger charge is 2.20. The van der Waals surface area contributed by atoms with Crippen LogP contribution in [0.25, 0.3) is 44.7 Å². The van der Waals surface area contributed by atoms with Gasteiger partial charge >= 0.3 is 0 Å². The summed E-state index contributed by atoms with van der Waals surface area (Å²) in [4.78, 5) is 12.3. The lowest BCUT2D eigenvalue weighted by atomic mass is 9.97. The zero-order valence-corrected chi connectivity index (χ0v) is 14.8. The molecule has 132 valence electrons. The monoisotopic (exact) mass is 362 g/mol. The van der Waals surface area contributed by atoms with E-state index in [1.54, 1.807) is 18.7 Å². The molecule has 28 heavy (non-hydrogen) atoms. The number of furan rings is 1. The van der Waals surface area contributed by atoms with Crippen molar-refractivity contribution in [2.24, 2.45) is 0 Å². The smallest absolute Gasteiger partial charge is 0.135 e. The SMILES string of the molecule is N#Cc1c(-c2ccco2)cc(-c2cccnc2)nc1-c1c[nH]c2ccccc12. The Morgan fingerprint density at radius 3 is 2.71 bits per heavy atom. The molecule has 0 saturated carbocycles. The van der Waals surface area contributed by atoms with Crippen molar-refractivity contribution in [3.63, 3.8) is 0 Å². The van der Waals surface area contributed by atoms with Gasteiger partial charge in [-0.15, -0.1) is 0 Å². The Labute approximate surface area is 160 Å². The molecule has 5 nitrogen and oxygen atoms in total. The van der Waals surface area contributed by atoms with E-state index in [9.17, 15) is 5.26 Å². The molecule has 1 aromatic carbocycles. The number of para-hydroxylation sites is 1. The molecule has 4 heterocycles. The van der Waals surface area contributed by atoms with Crippen molar-refractivity contribution in [2.45, 2.75) is 0 Å². The minimum atomic E-state index is 0.479. The number of aromatic amines is 1. The van der Waals surface area contributed by atoms with Crippen molar-refractivity contribution in [1.82, 2.24) is 15.0 Å². The number of aromatic nitrogens is 3. The maximum atomic E-state index is 9.98. The number of rotatable bonds is 3. The highest BCUT2D eigenvalue weighted by Crippen LogP contribution is 2.37. The molecular formula is C23H14N4O. The van der Waals surface area contributed by atoms with E-state index in [-0.39, 0.29) is 0 Å². The summed E-state index contributed by atoms with van der Waals surface area (Å²) < 4.78 is 5.61. The number of H-pyrrole nitrogens is 1. The van der Waals surface area contributed by atoms with Gasteiger partial charge in [-0.1, -0.05) is 18.2 Å². The van der Waals surface area contributed by atoms with Gasteiger partial charge in [0.25, 0.3) is 0 Å². The quantitative estimate of drug-likeness (QED) is 0.464. The van der Waals surface area contributed by atoms with E-state index in [0.29, 0.717) is 22.6 Å². The zero-order valence-electron chi connectivity index (χ0n) is 14.8. The Kier molecular flexibility index (Phi) is 3.74. The van der Waals surface area contributed by atoms with E-state index in [1.165, 1.54) is 0 Å². The molecule has 0 spiro atoms. The Balaban J connectivity index is 1.85. The number of hydrogen-bond acceptors (Lipinski definition) is 4. The number of nitrogens with zero attached hydrogens (tertiary/aromatic N) is 3. The van der Waals surface area contributed by atoms with Gasteiger partial charge in [-0.2, -0.15) is 5.26 Å². The van der Waals surface area contributed by atoms with E-state index >= 15 is 0 Å². The molecule has 0 radical (unpaired) electrons. The molecule has 0 bridgehead atoms. The third-order valence-corrected chi connectivity index (χ3v) is 4.72. The minimum absolute atomic E-state index is 0.479. The average Bonchev–Trinajstić information content (AvgIpc) is 3.43. The third-order valence-electron chi connectivity index (χ3n) is 4.72. The Bertz CT molecular complexity index is 1310. The first-order valence-electron chi connectivity index (χ1n) is 8.81. The van der Waals surface area contributed by atoms with Gasteiger partial charge in [-0.05, 0) is 36.4 Å². The molecule has 0 aliphatic carbocycles. The van der Waals surface area contributed by atoms with Gasteiger partial charge in [0.15, 0.2) is 0 Å². The van der Waals surface area contributed by atoms with Gasteiger partial charge < -0.3 is 9.40 Å². The lowest BCUT2D eigenvalue weighted by Crippen LogP contribution is -1.96. The number of benzene rings is 1. The van der Waals surface area contributed by atoms with Crippen LogP contribution in [-0.2, 0) is 0 Å². The van der Waals surface area contributed by atoms with E-state index in [0.717, 1.165) is 27.7 Å². The topological polar surface area (TPSA) is 78.5 Å². The first kappa shape index (κ1) is 16.0. The number of nitrogens with one attached hydrogen (secondary N) is 1. The molecular weight excluding hydrogens is 348 g/mol. The predicted octanol–water partition coefficient (Wildman–Crippen LogP) is 5.42. The number of pyridine rings is 2. The van der Waals surface area contributed by atoms with Crippen molar-refractivity contribution in [3.05, 3.63) is 85.0 Å². The maximum absolute atomic E-state index is 9.98. The van der Waals surface area contributed by atoms with Crippen molar-refractivity contribution >= 4 is 10.9 Å². The number of fused-ring (bicyclic) bond motifs is 1. The molecule has 0 aliphatic rings. The van der Waals surface area contributed by atoms with Crippen LogP contribution in [0.5, 0.6) is 0 Å². The van der Waals surface area contributed by atoms with Crippen molar-refractivity contribution in [2.75, 3.05) is 0 Å². The molecule has 0 atom stereocenters. The summed E-state index contributed by atoms with van der Waals surface area (Å²) in [7, 11) is 0. The van der Waals surface area contributed by atoms with Gasteiger partial charge in [0, 0.05) is 46.2 Å². The van der Waals surface area contributed by atoms with Crippen LogP contribution in [0.3, 0.4) is 0 Å². The van der Waals surface area contributed by atoms with Crippen molar-refractivity contribution in [1.29, 1.82) is 5.26 Å². The van der Waals surface area contributed by atoms with Crippen LogP contribution in [0.2, 0.25) is 0 Å². The fourth-order valence-electron chi connectivity index (χ4n) is 3.41. The zero-order chi connectivity index (χ0) is 18.9. The van der Waals surface area contributed by atoms with Crippen LogP contribution in [-0.4, -0.2) is 15.0 Å². The summed E-state index contributed by atoms with van der Waals surface area (Å²) in [6.45, 7) is 0. The average molecular weight is 362 g/mol. The predicted molar refractivity (Wildman–Crippen MR) is 107 cm³/mol. The lowest BCUT2D eigenvalue weighted by molar-refractivity contribution is 0.582. The summed E-state index contributed by atoms with van der Waals surface area (Å²) in [5.74, 6) is 0.630. The largest absolute Gasteiger partial charge is 0.464 e. The molecule has 0 fully saturated rings. The molecule has 4 aromatic heterocycles. The van der Waals surface area contributed by atoms with Crippen molar-refractivity contribution < 1.29 is 4.42 Å². The van der Waals surface area contributed by atoms with E-state index in [1.807, 2.05) is 60.8 Å². The summed E-state index contributed by atoms with van der Waals surface area (Å²) in [5.41, 5.74) is 5.29. The second kappa shape index (κ2) is 6.53. The Morgan fingerprint density at radius 2 is 1.93 bits per heavy atom. The minimum Gasteiger partial charge on any atom is -0.464 e. The van der Waals surface area contributed by atoms with Crippen LogP contribution in [0.4, 0.5) is 0 Å². The molecule has 1 N–H and O–H groups in total. The van der Waals surface area contributed by atoms with Gasteiger partial charge in [-0.25, -0.2) is 4.98 Å². The van der Waals surface area contributed by atoms with Crippen LogP contribution in [0.15, 0.2) is 83.9 Å². The molecule has 5 rings (SSSR count). The number of hydrogen-bond donors (Lipinski definition) is 1. The van der Waals surface area contributed by atoms with E-state index < -0.39 is 0 Å². The molecule has 0 amide bonds. The maximum Gasteiger partial charge on any atom is 0.135 e. The highest BCUT2D eigenvalue weighted by molar-refractivity contribution is 5.97. The van der Waals surface area contributed by atoms with Gasteiger partial charge in [0.1, 0.15) is 11.8 Å². The van der Waals surface area contributed by atoms with Gasteiger partial charge in [0.2, 0.25) is 0 Å². The molecule has 0 aliphatic heterocycles. The van der Waals surface area contributed by atoms with E-state index in [2.05, 4.69) is 16.0 Å². The van der Waals surface area contributed by atoms with Crippen LogP contribution >= 0.6 is 0 Å². The Morgan fingerprint density at radius 1 is 1.00 bits per heavy atom. The molecule has 0 saturated heterocycles. The second-order valence-electron chi connectivity index (χ2n) is 6.36. The fourth-order valence-corrected chi connectivity index (χ4v) is 3.41. The number of nitriles is 1. The fraction of sp³-hybridized carbons (Fsp3) is 0. The standard InChI is InChI=1S/C23H14N4O/c24-12-18-17(22-8-4-10-28-22)11-21(15-5-3-9-25-13-15)27-23(18)19-14-26-20-7-2-1-6-16(19)20/h1-11,13-14,26H. The first-order chi connectivity index (χ1) is 13.8. The van der Waals surface area contributed by atoms with E-state index in [4.69, 9.17) is 9.40 Å².